The zero-order valence-corrected chi connectivity index (χ0v) is 19.1. The summed E-state index contributed by atoms with van der Waals surface area (Å²) >= 11 is 6.25. The number of H-pyrrole nitrogens is 1. The average molecular weight is 462 g/mol. The van der Waals surface area contributed by atoms with E-state index in [0.29, 0.717) is 49.6 Å². The SMILES string of the molecule is NC(CCNc1nc(C2CCNCC2)c(C2CCC(F)CC2)c(=O)[nH]1)c1ccccc1Cl. The second-order valence-electron chi connectivity index (χ2n) is 9.03. The number of anilines is 1. The van der Waals surface area contributed by atoms with Crippen LogP contribution in [0.5, 0.6) is 0 Å². The van der Waals surface area contributed by atoms with Gasteiger partial charge in [-0.25, -0.2) is 9.37 Å². The summed E-state index contributed by atoms with van der Waals surface area (Å²) in [6.07, 6.45) is 4.29. The first-order valence-corrected chi connectivity index (χ1v) is 12.1. The molecule has 1 aliphatic carbocycles. The molecule has 174 valence electrons. The monoisotopic (exact) mass is 461 g/mol. The van der Waals surface area contributed by atoms with E-state index in [4.69, 9.17) is 22.3 Å². The van der Waals surface area contributed by atoms with Crippen LogP contribution in [0.25, 0.3) is 0 Å². The number of rotatable bonds is 7. The molecule has 32 heavy (non-hydrogen) atoms. The van der Waals surface area contributed by atoms with Crippen LogP contribution in [0, 0.1) is 0 Å². The molecule has 0 spiro atoms. The molecule has 1 aromatic heterocycles. The minimum Gasteiger partial charge on any atom is -0.356 e. The van der Waals surface area contributed by atoms with Crippen LogP contribution in [-0.4, -0.2) is 35.8 Å². The van der Waals surface area contributed by atoms with Crippen LogP contribution in [0.4, 0.5) is 10.3 Å². The molecule has 1 saturated heterocycles. The van der Waals surface area contributed by atoms with E-state index < -0.39 is 6.17 Å². The number of hydrogen-bond acceptors (Lipinski definition) is 5. The molecule has 6 nitrogen and oxygen atoms in total. The molecule has 0 amide bonds. The fourth-order valence-electron chi connectivity index (χ4n) is 5.00. The molecular formula is C24H33ClFN5O. The van der Waals surface area contributed by atoms with Gasteiger partial charge in [0.25, 0.3) is 5.56 Å². The van der Waals surface area contributed by atoms with Crippen LogP contribution in [0.15, 0.2) is 29.1 Å². The van der Waals surface area contributed by atoms with Crippen LogP contribution in [0.3, 0.4) is 0 Å². The van der Waals surface area contributed by atoms with Crippen LogP contribution >= 0.6 is 11.6 Å². The van der Waals surface area contributed by atoms with Gasteiger partial charge in [0, 0.05) is 29.1 Å². The van der Waals surface area contributed by atoms with E-state index in [0.717, 1.165) is 42.8 Å². The quantitative estimate of drug-likeness (QED) is 0.490. The van der Waals surface area contributed by atoms with Crippen molar-refractivity contribution in [2.75, 3.05) is 25.0 Å². The Bertz CT molecular complexity index is 954. The molecular weight excluding hydrogens is 429 g/mol. The largest absolute Gasteiger partial charge is 0.356 e. The summed E-state index contributed by atoms with van der Waals surface area (Å²) in [6, 6.07) is 7.37. The van der Waals surface area contributed by atoms with Crippen LogP contribution in [0.2, 0.25) is 5.02 Å². The summed E-state index contributed by atoms with van der Waals surface area (Å²) in [5, 5.41) is 7.30. The fraction of sp³-hybridized carbons (Fsp3) is 0.583. The van der Waals surface area contributed by atoms with Gasteiger partial charge in [0.1, 0.15) is 6.17 Å². The lowest BCUT2D eigenvalue weighted by atomic mass is 9.80. The first kappa shape index (κ1) is 23.2. The molecule has 1 aromatic carbocycles. The van der Waals surface area contributed by atoms with Gasteiger partial charge in [-0.1, -0.05) is 29.8 Å². The highest BCUT2D eigenvalue weighted by molar-refractivity contribution is 6.31. The number of halogens is 2. The molecule has 2 heterocycles. The Balaban J connectivity index is 1.51. The van der Waals surface area contributed by atoms with E-state index >= 15 is 0 Å². The normalized spacial score (nSPS) is 23.1. The maximum atomic E-state index is 13.7. The number of alkyl halides is 1. The number of nitrogens with one attached hydrogen (secondary N) is 3. The second kappa shape index (κ2) is 10.8. The van der Waals surface area contributed by atoms with Crippen LogP contribution in [0.1, 0.15) is 79.6 Å². The summed E-state index contributed by atoms with van der Waals surface area (Å²) in [5.41, 5.74) is 8.81. The van der Waals surface area contributed by atoms with E-state index in [1.807, 2.05) is 24.3 Å². The number of hydrogen-bond donors (Lipinski definition) is 4. The van der Waals surface area contributed by atoms with Gasteiger partial charge in [-0.05, 0) is 75.6 Å². The number of aromatic nitrogens is 2. The Morgan fingerprint density at radius 1 is 1.12 bits per heavy atom. The van der Waals surface area contributed by atoms with Crippen LogP contribution < -0.4 is 21.9 Å². The Kier molecular flexibility index (Phi) is 7.81. The van der Waals surface area contributed by atoms with E-state index in [2.05, 4.69) is 15.6 Å². The van der Waals surface area contributed by atoms with E-state index in [1.165, 1.54) is 0 Å². The molecule has 2 fully saturated rings. The number of nitrogens with zero attached hydrogens (tertiary/aromatic N) is 1. The van der Waals surface area contributed by atoms with Crippen molar-refractivity contribution in [3.8, 4) is 0 Å². The van der Waals surface area contributed by atoms with E-state index in [-0.39, 0.29) is 23.4 Å². The van der Waals surface area contributed by atoms with Gasteiger partial charge in [-0.15, -0.1) is 0 Å². The van der Waals surface area contributed by atoms with Crippen molar-refractivity contribution in [1.82, 2.24) is 15.3 Å². The Morgan fingerprint density at radius 3 is 2.56 bits per heavy atom. The molecule has 0 bridgehead atoms. The highest BCUT2D eigenvalue weighted by atomic mass is 35.5. The van der Waals surface area contributed by atoms with E-state index in [9.17, 15) is 9.18 Å². The molecule has 2 aliphatic rings. The number of aromatic amines is 1. The molecule has 4 rings (SSSR count). The van der Waals surface area contributed by atoms with Crippen molar-refractivity contribution in [1.29, 1.82) is 0 Å². The van der Waals surface area contributed by atoms with Gasteiger partial charge >= 0.3 is 0 Å². The zero-order chi connectivity index (χ0) is 22.5. The van der Waals surface area contributed by atoms with E-state index in [1.54, 1.807) is 0 Å². The lowest BCUT2D eigenvalue weighted by Crippen LogP contribution is -2.32. The lowest BCUT2D eigenvalue weighted by Gasteiger charge is -2.29. The summed E-state index contributed by atoms with van der Waals surface area (Å²) in [5.74, 6) is 0.825. The van der Waals surface area contributed by atoms with Crippen molar-refractivity contribution >= 4 is 17.5 Å². The molecule has 1 aliphatic heterocycles. The zero-order valence-electron chi connectivity index (χ0n) is 18.4. The van der Waals surface area contributed by atoms with Gasteiger partial charge in [0.2, 0.25) is 5.95 Å². The highest BCUT2D eigenvalue weighted by Crippen LogP contribution is 2.37. The summed E-state index contributed by atoms with van der Waals surface area (Å²) < 4.78 is 13.7. The number of benzene rings is 1. The van der Waals surface area contributed by atoms with Crippen molar-refractivity contribution in [3.05, 3.63) is 56.5 Å². The maximum Gasteiger partial charge on any atom is 0.256 e. The molecule has 1 unspecified atom stereocenters. The Hall–Kier alpha value is -1.96. The Morgan fingerprint density at radius 2 is 1.84 bits per heavy atom. The molecule has 1 atom stereocenters. The predicted molar refractivity (Wildman–Crippen MR) is 127 cm³/mol. The molecule has 2 aromatic rings. The third-order valence-electron chi connectivity index (χ3n) is 6.83. The molecule has 5 N–H and O–H groups in total. The predicted octanol–water partition coefficient (Wildman–Crippen LogP) is 4.39. The standard InChI is InChI=1S/C24H33ClFN5O/c25-19-4-2-1-3-18(19)20(27)11-14-29-24-30-22(16-9-12-28-13-10-16)21(23(32)31-24)15-5-7-17(26)8-6-15/h1-4,15-17,20,28H,5-14,27H2,(H2,29,30,31,32). The van der Waals surface area contributed by atoms with Gasteiger partial charge in [0.05, 0.1) is 5.69 Å². The lowest BCUT2D eigenvalue weighted by molar-refractivity contribution is 0.234. The summed E-state index contributed by atoms with van der Waals surface area (Å²) in [4.78, 5) is 21.0. The first-order valence-electron chi connectivity index (χ1n) is 11.8. The van der Waals surface area contributed by atoms with Crippen molar-refractivity contribution in [3.63, 3.8) is 0 Å². The minimum atomic E-state index is -0.746. The fourth-order valence-corrected chi connectivity index (χ4v) is 5.28. The third kappa shape index (κ3) is 5.50. The topological polar surface area (TPSA) is 95.8 Å². The third-order valence-corrected chi connectivity index (χ3v) is 7.17. The number of piperidine rings is 1. The summed E-state index contributed by atoms with van der Waals surface area (Å²) in [7, 11) is 0. The van der Waals surface area contributed by atoms with Gasteiger partial charge in [-0.3, -0.25) is 9.78 Å². The van der Waals surface area contributed by atoms with Crippen LogP contribution in [-0.2, 0) is 0 Å². The molecule has 8 heteroatoms. The Labute approximate surface area is 193 Å². The van der Waals surface area contributed by atoms with Gasteiger partial charge < -0.3 is 16.4 Å². The molecule has 1 saturated carbocycles. The average Bonchev–Trinajstić information content (AvgIpc) is 2.80. The minimum absolute atomic E-state index is 0.0887. The molecule has 0 radical (unpaired) electrons. The van der Waals surface area contributed by atoms with Gasteiger partial charge in [-0.2, -0.15) is 0 Å². The highest BCUT2D eigenvalue weighted by Gasteiger charge is 2.30. The second-order valence-corrected chi connectivity index (χ2v) is 9.44. The summed E-state index contributed by atoms with van der Waals surface area (Å²) in [6.45, 7) is 2.41. The number of nitrogens with two attached hydrogens (primary N) is 1. The maximum absolute atomic E-state index is 13.7. The van der Waals surface area contributed by atoms with Crippen molar-refractivity contribution in [2.24, 2.45) is 5.73 Å². The van der Waals surface area contributed by atoms with Crippen molar-refractivity contribution < 1.29 is 4.39 Å². The first-order chi connectivity index (χ1) is 15.5. The smallest absolute Gasteiger partial charge is 0.256 e. The van der Waals surface area contributed by atoms with Gasteiger partial charge in [0.15, 0.2) is 0 Å². The van der Waals surface area contributed by atoms with Crippen molar-refractivity contribution in [2.45, 2.75) is 69.0 Å².